The largest absolute Gasteiger partial charge is 0.453 e. The van der Waals surface area contributed by atoms with Gasteiger partial charge >= 0.3 is 12.2 Å². The lowest BCUT2D eigenvalue weighted by Gasteiger charge is -2.31. The Kier molecular flexibility index (Phi) is 5.76. The Morgan fingerprint density at radius 3 is 2.86 bits per heavy atom. The van der Waals surface area contributed by atoms with E-state index in [0.717, 1.165) is 36.0 Å². The SMILES string of the molecule is COC(=O)N1CCCC(c2ccc3nc(CNC(=O)OC(C)(C)C)[nH]c3c2)C1. The summed E-state index contributed by atoms with van der Waals surface area (Å²) in [5.41, 5.74) is 2.38. The quantitative estimate of drug-likeness (QED) is 0.838. The first kappa shape index (κ1) is 20.0. The Hall–Kier alpha value is -2.77. The van der Waals surface area contributed by atoms with Crippen molar-refractivity contribution >= 4 is 23.2 Å². The highest BCUT2D eigenvalue weighted by Crippen LogP contribution is 2.29. The Balaban J connectivity index is 1.67. The van der Waals surface area contributed by atoms with Crippen molar-refractivity contribution in [1.82, 2.24) is 20.2 Å². The second kappa shape index (κ2) is 8.08. The first-order valence-corrected chi connectivity index (χ1v) is 9.53. The number of imidazole rings is 1. The Morgan fingerprint density at radius 2 is 2.14 bits per heavy atom. The number of H-pyrrole nitrogens is 1. The van der Waals surface area contributed by atoms with Crippen LogP contribution in [0, 0.1) is 0 Å². The zero-order chi connectivity index (χ0) is 20.3. The molecule has 0 spiro atoms. The molecule has 2 heterocycles. The van der Waals surface area contributed by atoms with Gasteiger partial charge in [0.25, 0.3) is 0 Å². The number of aromatic nitrogens is 2. The summed E-state index contributed by atoms with van der Waals surface area (Å²) < 4.78 is 10.1. The minimum Gasteiger partial charge on any atom is -0.453 e. The number of rotatable bonds is 3. The van der Waals surface area contributed by atoms with E-state index < -0.39 is 11.7 Å². The van der Waals surface area contributed by atoms with Gasteiger partial charge in [0.2, 0.25) is 0 Å². The average molecular weight is 388 g/mol. The van der Waals surface area contributed by atoms with E-state index in [-0.39, 0.29) is 18.6 Å². The zero-order valence-electron chi connectivity index (χ0n) is 16.9. The van der Waals surface area contributed by atoms with E-state index in [0.29, 0.717) is 12.4 Å². The predicted molar refractivity (Wildman–Crippen MR) is 105 cm³/mol. The average Bonchev–Trinajstić information content (AvgIpc) is 3.06. The van der Waals surface area contributed by atoms with Crippen molar-refractivity contribution in [3.8, 4) is 0 Å². The number of benzene rings is 1. The third kappa shape index (κ3) is 4.94. The maximum atomic E-state index is 11.8. The molecule has 3 rings (SSSR count). The minimum absolute atomic E-state index is 0.262. The molecular formula is C20H28N4O4. The van der Waals surface area contributed by atoms with Gasteiger partial charge in [-0.25, -0.2) is 14.6 Å². The van der Waals surface area contributed by atoms with Crippen LogP contribution in [0.2, 0.25) is 0 Å². The molecule has 2 N–H and O–H groups in total. The second-order valence-electron chi connectivity index (χ2n) is 8.07. The third-order valence-electron chi connectivity index (χ3n) is 4.68. The highest BCUT2D eigenvalue weighted by molar-refractivity contribution is 5.76. The number of hydrogen-bond donors (Lipinski definition) is 2. The van der Waals surface area contributed by atoms with Gasteiger partial charge in [-0.3, -0.25) is 0 Å². The number of nitrogens with zero attached hydrogens (tertiary/aromatic N) is 2. The summed E-state index contributed by atoms with van der Waals surface area (Å²) in [6, 6.07) is 6.10. The summed E-state index contributed by atoms with van der Waals surface area (Å²) in [5.74, 6) is 0.932. The van der Waals surface area contributed by atoms with Gasteiger partial charge in [-0.15, -0.1) is 0 Å². The number of likely N-dealkylation sites (tertiary alicyclic amines) is 1. The van der Waals surface area contributed by atoms with E-state index in [2.05, 4.69) is 27.4 Å². The number of carbonyl (C=O) groups is 2. The van der Waals surface area contributed by atoms with E-state index >= 15 is 0 Å². The van der Waals surface area contributed by atoms with Gasteiger partial charge in [0.05, 0.1) is 24.7 Å². The molecule has 0 saturated carbocycles. The van der Waals surface area contributed by atoms with Gasteiger partial charge in [0.15, 0.2) is 0 Å². The molecule has 8 nitrogen and oxygen atoms in total. The summed E-state index contributed by atoms with van der Waals surface area (Å²) in [5, 5.41) is 2.71. The molecule has 1 unspecified atom stereocenters. The molecule has 152 valence electrons. The zero-order valence-corrected chi connectivity index (χ0v) is 16.9. The predicted octanol–water partition coefficient (Wildman–Crippen LogP) is 3.53. The van der Waals surface area contributed by atoms with Gasteiger partial charge in [0.1, 0.15) is 11.4 Å². The van der Waals surface area contributed by atoms with Crippen LogP contribution >= 0.6 is 0 Å². The van der Waals surface area contributed by atoms with Crippen LogP contribution < -0.4 is 5.32 Å². The summed E-state index contributed by atoms with van der Waals surface area (Å²) in [6.07, 6.45) is 1.23. The number of hydrogen-bond acceptors (Lipinski definition) is 5. The lowest BCUT2D eigenvalue weighted by atomic mass is 9.90. The molecule has 1 saturated heterocycles. The number of nitrogens with one attached hydrogen (secondary N) is 2. The normalized spacial score (nSPS) is 17.4. The fraction of sp³-hybridized carbons (Fsp3) is 0.550. The van der Waals surface area contributed by atoms with Gasteiger partial charge < -0.3 is 24.7 Å². The van der Waals surface area contributed by atoms with Crippen LogP contribution in [-0.4, -0.2) is 52.9 Å². The summed E-state index contributed by atoms with van der Waals surface area (Å²) in [6.45, 7) is 7.11. The lowest BCUT2D eigenvalue weighted by molar-refractivity contribution is 0.0522. The van der Waals surface area contributed by atoms with Gasteiger partial charge in [-0.2, -0.15) is 0 Å². The standard InChI is InChI=1S/C20H28N4O4/c1-20(2,3)28-18(25)21-11-17-22-15-8-7-13(10-16(15)23-17)14-6-5-9-24(12-14)19(26)27-4/h7-8,10,14H,5-6,9,11-12H2,1-4H3,(H,21,25)(H,22,23). The number of methoxy groups -OCH3 is 1. The molecule has 1 atom stereocenters. The summed E-state index contributed by atoms with van der Waals surface area (Å²) in [4.78, 5) is 33.1. The maximum absolute atomic E-state index is 11.8. The molecule has 1 aromatic carbocycles. The molecule has 1 aliphatic rings. The third-order valence-corrected chi connectivity index (χ3v) is 4.68. The fourth-order valence-corrected chi connectivity index (χ4v) is 3.43. The van der Waals surface area contributed by atoms with Crippen molar-refractivity contribution in [3.63, 3.8) is 0 Å². The van der Waals surface area contributed by atoms with Crippen LogP contribution in [-0.2, 0) is 16.0 Å². The van der Waals surface area contributed by atoms with Crippen LogP contribution in [0.4, 0.5) is 9.59 Å². The number of amides is 2. The van der Waals surface area contributed by atoms with Crippen molar-refractivity contribution in [3.05, 3.63) is 29.6 Å². The molecule has 1 aliphatic heterocycles. The first-order valence-electron chi connectivity index (χ1n) is 9.53. The fourth-order valence-electron chi connectivity index (χ4n) is 3.43. The molecule has 8 heteroatoms. The lowest BCUT2D eigenvalue weighted by Crippen LogP contribution is -2.38. The molecule has 0 bridgehead atoms. The van der Waals surface area contributed by atoms with Gasteiger partial charge in [0, 0.05) is 19.0 Å². The summed E-state index contributed by atoms with van der Waals surface area (Å²) >= 11 is 0. The number of aromatic amines is 1. The van der Waals surface area contributed by atoms with Gasteiger partial charge in [-0.1, -0.05) is 6.07 Å². The molecule has 1 aromatic heterocycles. The van der Waals surface area contributed by atoms with E-state index in [1.165, 1.54) is 7.11 Å². The Bertz CT molecular complexity index is 855. The number of piperidine rings is 1. The van der Waals surface area contributed by atoms with E-state index in [1.54, 1.807) is 4.90 Å². The number of carbonyl (C=O) groups excluding carboxylic acids is 2. The number of fused-ring (bicyclic) bond motifs is 1. The van der Waals surface area contributed by atoms with Crippen molar-refractivity contribution in [2.75, 3.05) is 20.2 Å². The Labute approximate surface area is 164 Å². The van der Waals surface area contributed by atoms with Gasteiger partial charge in [-0.05, 0) is 51.3 Å². The molecule has 0 radical (unpaired) electrons. The first-order chi connectivity index (χ1) is 13.2. The Morgan fingerprint density at radius 1 is 1.36 bits per heavy atom. The smallest absolute Gasteiger partial charge is 0.409 e. The van der Waals surface area contributed by atoms with E-state index in [9.17, 15) is 9.59 Å². The monoisotopic (exact) mass is 388 g/mol. The number of ether oxygens (including phenoxy) is 2. The van der Waals surface area contributed by atoms with Crippen LogP contribution in [0.3, 0.4) is 0 Å². The van der Waals surface area contributed by atoms with E-state index in [1.807, 2.05) is 26.8 Å². The van der Waals surface area contributed by atoms with Crippen LogP contribution in [0.25, 0.3) is 11.0 Å². The van der Waals surface area contributed by atoms with Crippen molar-refractivity contribution in [2.24, 2.45) is 0 Å². The van der Waals surface area contributed by atoms with E-state index in [4.69, 9.17) is 9.47 Å². The molecule has 0 aliphatic carbocycles. The van der Waals surface area contributed by atoms with Crippen molar-refractivity contribution in [2.45, 2.75) is 51.7 Å². The van der Waals surface area contributed by atoms with Crippen molar-refractivity contribution in [1.29, 1.82) is 0 Å². The number of alkyl carbamates (subject to hydrolysis) is 1. The summed E-state index contributed by atoms with van der Waals surface area (Å²) in [7, 11) is 1.41. The second-order valence-corrected chi connectivity index (χ2v) is 8.07. The van der Waals surface area contributed by atoms with Crippen LogP contribution in [0.1, 0.15) is 50.9 Å². The minimum atomic E-state index is -0.537. The molecule has 28 heavy (non-hydrogen) atoms. The van der Waals surface area contributed by atoms with Crippen LogP contribution in [0.15, 0.2) is 18.2 Å². The van der Waals surface area contributed by atoms with Crippen molar-refractivity contribution < 1.29 is 19.1 Å². The molecular weight excluding hydrogens is 360 g/mol. The molecule has 1 fully saturated rings. The molecule has 2 aromatic rings. The topological polar surface area (TPSA) is 96.6 Å². The maximum Gasteiger partial charge on any atom is 0.409 e. The highest BCUT2D eigenvalue weighted by Gasteiger charge is 2.25. The van der Waals surface area contributed by atoms with Crippen LogP contribution in [0.5, 0.6) is 0 Å². The highest BCUT2D eigenvalue weighted by atomic mass is 16.6. The molecule has 2 amide bonds.